The lowest BCUT2D eigenvalue weighted by molar-refractivity contribution is 0.242. The number of hydrogen-bond acceptors (Lipinski definition) is 1. The van der Waals surface area contributed by atoms with Gasteiger partial charge in [-0.05, 0) is 50.5 Å². The minimum atomic E-state index is 0.256. The SMILES string of the molecule is CCc1ccc(OC(C)C)cc1C. The van der Waals surface area contributed by atoms with Crippen LogP contribution in [0.15, 0.2) is 18.2 Å². The standard InChI is InChI=1S/C12H18O/c1-5-11-6-7-12(8-10(11)4)13-9(2)3/h6-9H,5H2,1-4H3. The summed E-state index contributed by atoms with van der Waals surface area (Å²) in [5, 5.41) is 0. The van der Waals surface area contributed by atoms with E-state index in [0.717, 1.165) is 12.2 Å². The van der Waals surface area contributed by atoms with Gasteiger partial charge >= 0.3 is 0 Å². The summed E-state index contributed by atoms with van der Waals surface area (Å²) in [5.41, 5.74) is 2.72. The molecule has 0 fully saturated rings. The number of benzene rings is 1. The number of ether oxygens (including phenoxy) is 1. The molecule has 0 aliphatic rings. The lowest BCUT2D eigenvalue weighted by Gasteiger charge is -2.11. The summed E-state index contributed by atoms with van der Waals surface area (Å²) in [5.74, 6) is 0.977. The largest absolute Gasteiger partial charge is 0.491 e. The molecule has 1 nitrogen and oxygen atoms in total. The first kappa shape index (κ1) is 10.1. The van der Waals surface area contributed by atoms with E-state index in [1.165, 1.54) is 11.1 Å². The van der Waals surface area contributed by atoms with E-state index in [1.807, 2.05) is 19.9 Å². The average Bonchev–Trinajstić information content (AvgIpc) is 2.03. The Morgan fingerprint density at radius 3 is 2.46 bits per heavy atom. The van der Waals surface area contributed by atoms with Gasteiger partial charge in [-0.15, -0.1) is 0 Å². The average molecular weight is 178 g/mol. The smallest absolute Gasteiger partial charge is 0.119 e. The van der Waals surface area contributed by atoms with E-state index >= 15 is 0 Å². The fraction of sp³-hybridized carbons (Fsp3) is 0.500. The molecule has 0 heterocycles. The van der Waals surface area contributed by atoms with Crippen molar-refractivity contribution in [2.24, 2.45) is 0 Å². The highest BCUT2D eigenvalue weighted by atomic mass is 16.5. The van der Waals surface area contributed by atoms with Crippen molar-refractivity contribution >= 4 is 0 Å². The van der Waals surface area contributed by atoms with E-state index < -0.39 is 0 Å². The fourth-order valence-corrected chi connectivity index (χ4v) is 1.41. The maximum atomic E-state index is 5.59. The molecule has 0 aliphatic heterocycles. The van der Waals surface area contributed by atoms with Crippen LogP contribution in [0.25, 0.3) is 0 Å². The van der Waals surface area contributed by atoms with Crippen molar-refractivity contribution in [2.45, 2.75) is 40.2 Å². The van der Waals surface area contributed by atoms with Gasteiger partial charge in [0.1, 0.15) is 5.75 Å². The molecule has 1 rings (SSSR count). The van der Waals surface area contributed by atoms with Crippen LogP contribution in [0.2, 0.25) is 0 Å². The summed E-state index contributed by atoms with van der Waals surface area (Å²) in [7, 11) is 0. The van der Waals surface area contributed by atoms with Crippen molar-refractivity contribution in [3.8, 4) is 5.75 Å². The van der Waals surface area contributed by atoms with Crippen LogP contribution in [0, 0.1) is 6.92 Å². The van der Waals surface area contributed by atoms with Gasteiger partial charge in [0, 0.05) is 0 Å². The molecule has 0 saturated heterocycles. The molecule has 0 atom stereocenters. The highest BCUT2D eigenvalue weighted by Crippen LogP contribution is 2.18. The lowest BCUT2D eigenvalue weighted by atomic mass is 10.1. The summed E-state index contributed by atoms with van der Waals surface area (Å²) in [4.78, 5) is 0. The number of aryl methyl sites for hydroxylation is 2. The highest BCUT2D eigenvalue weighted by molar-refractivity contribution is 5.34. The van der Waals surface area contributed by atoms with E-state index in [4.69, 9.17) is 4.74 Å². The Morgan fingerprint density at radius 2 is 2.00 bits per heavy atom. The molecule has 0 amide bonds. The fourth-order valence-electron chi connectivity index (χ4n) is 1.41. The van der Waals surface area contributed by atoms with Crippen molar-refractivity contribution in [1.29, 1.82) is 0 Å². The van der Waals surface area contributed by atoms with E-state index in [9.17, 15) is 0 Å². The minimum Gasteiger partial charge on any atom is -0.491 e. The Bertz CT molecular complexity index is 276. The van der Waals surface area contributed by atoms with Crippen molar-refractivity contribution < 1.29 is 4.74 Å². The third kappa shape index (κ3) is 2.76. The van der Waals surface area contributed by atoms with Crippen molar-refractivity contribution in [3.05, 3.63) is 29.3 Å². The normalized spacial score (nSPS) is 10.5. The molecule has 1 heteroatoms. The second kappa shape index (κ2) is 4.31. The quantitative estimate of drug-likeness (QED) is 0.689. The van der Waals surface area contributed by atoms with Crippen LogP contribution in [0.3, 0.4) is 0 Å². The van der Waals surface area contributed by atoms with Gasteiger partial charge in [-0.25, -0.2) is 0 Å². The number of hydrogen-bond donors (Lipinski definition) is 0. The molecule has 72 valence electrons. The van der Waals surface area contributed by atoms with Crippen LogP contribution in [-0.2, 0) is 6.42 Å². The molecule has 0 aromatic heterocycles. The van der Waals surface area contributed by atoms with Crippen molar-refractivity contribution in [2.75, 3.05) is 0 Å². The van der Waals surface area contributed by atoms with Crippen LogP contribution in [0.5, 0.6) is 5.75 Å². The molecule has 1 aromatic carbocycles. The molecule has 13 heavy (non-hydrogen) atoms. The third-order valence-electron chi connectivity index (χ3n) is 2.07. The molecule has 0 spiro atoms. The predicted octanol–water partition coefficient (Wildman–Crippen LogP) is 3.34. The molecule has 0 saturated carbocycles. The zero-order valence-corrected chi connectivity index (χ0v) is 8.92. The van der Waals surface area contributed by atoms with Gasteiger partial charge in [0.25, 0.3) is 0 Å². The Balaban J connectivity index is 2.83. The zero-order chi connectivity index (χ0) is 9.84. The molecule has 1 aromatic rings. The van der Waals surface area contributed by atoms with Crippen molar-refractivity contribution in [1.82, 2.24) is 0 Å². The Kier molecular flexibility index (Phi) is 3.35. The zero-order valence-electron chi connectivity index (χ0n) is 8.92. The summed E-state index contributed by atoms with van der Waals surface area (Å²) in [6.07, 6.45) is 1.35. The van der Waals surface area contributed by atoms with Gasteiger partial charge in [-0.2, -0.15) is 0 Å². The molecule has 0 unspecified atom stereocenters. The second-order valence-corrected chi connectivity index (χ2v) is 3.61. The predicted molar refractivity (Wildman–Crippen MR) is 56.3 cm³/mol. The Labute approximate surface area is 80.7 Å². The first-order valence-corrected chi connectivity index (χ1v) is 4.89. The van der Waals surface area contributed by atoms with Crippen molar-refractivity contribution in [3.63, 3.8) is 0 Å². The Hall–Kier alpha value is -0.980. The maximum absolute atomic E-state index is 5.59. The molecular formula is C12H18O. The van der Waals surface area contributed by atoms with Crippen LogP contribution in [0.1, 0.15) is 31.9 Å². The van der Waals surface area contributed by atoms with Gasteiger partial charge in [0.05, 0.1) is 6.10 Å². The van der Waals surface area contributed by atoms with E-state index in [0.29, 0.717) is 0 Å². The van der Waals surface area contributed by atoms with Gasteiger partial charge in [0.2, 0.25) is 0 Å². The molecule has 0 N–H and O–H groups in total. The molecule has 0 bridgehead atoms. The summed E-state index contributed by atoms with van der Waals surface area (Å²) in [6, 6.07) is 6.30. The van der Waals surface area contributed by atoms with Crippen LogP contribution in [0.4, 0.5) is 0 Å². The minimum absolute atomic E-state index is 0.256. The monoisotopic (exact) mass is 178 g/mol. The first-order chi connectivity index (χ1) is 6.13. The van der Waals surface area contributed by atoms with Gasteiger partial charge in [-0.1, -0.05) is 13.0 Å². The van der Waals surface area contributed by atoms with Gasteiger partial charge in [0.15, 0.2) is 0 Å². The summed E-state index contributed by atoms with van der Waals surface area (Å²) >= 11 is 0. The molecule has 0 aliphatic carbocycles. The van der Waals surface area contributed by atoms with Crippen LogP contribution < -0.4 is 4.74 Å². The van der Waals surface area contributed by atoms with E-state index in [1.54, 1.807) is 0 Å². The molecule has 0 radical (unpaired) electrons. The third-order valence-corrected chi connectivity index (χ3v) is 2.07. The molecular weight excluding hydrogens is 160 g/mol. The Morgan fingerprint density at radius 1 is 1.31 bits per heavy atom. The number of rotatable bonds is 3. The second-order valence-electron chi connectivity index (χ2n) is 3.61. The van der Waals surface area contributed by atoms with Gasteiger partial charge in [-0.3, -0.25) is 0 Å². The van der Waals surface area contributed by atoms with E-state index in [2.05, 4.69) is 26.0 Å². The lowest BCUT2D eigenvalue weighted by Crippen LogP contribution is -2.05. The van der Waals surface area contributed by atoms with Crippen LogP contribution >= 0.6 is 0 Å². The first-order valence-electron chi connectivity index (χ1n) is 4.89. The van der Waals surface area contributed by atoms with E-state index in [-0.39, 0.29) is 6.10 Å². The van der Waals surface area contributed by atoms with Crippen LogP contribution in [-0.4, -0.2) is 6.10 Å². The summed E-state index contributed by atoms with van der Waals surface area (Å²) < 4.78 is 5.59. The topological polar surface area (TPSA) is 9.23 Å². The van der Waals surface area contributed by atoms with Gasteiger partial charge < -0.3 is 4.74 Å². The highest BCUT2D eigenvalue weighted by Gasteiger charge is 2.00. The maximum Gasteiger partial charge on any atom is 0.119 e. The summed E-state index contributed by atoms with van der Waals surface area (Å²) in [6.45, 7) is 8.39.